The second kappa shape index (κ2) is 48.8. The van der Waals surface area contributed by atoms with Crippen LogP contribution in [0, 0.1) is 23.7 Å². The molecule has 0 rings (SSSR count). The third-order valence-corrected chi connectivity index (χ3v) is 14.4. The van der Waals surface area contributed by atoms with E-state index in [2.05, 4.69) is 65.6 Å². The van der Waals surface area contributed by atoms with E-state index < -0.39 is 6.09 Å². The van der Waals surface area contributed by atoms with Gasteiger partial charge in [-0.1, -0.05) is 173 Å². The van der Waals surface area contributed by atoms with Crippen LogP contribution in [0.15, 0.2) is 0 Å². The van der Waals surface area contributed by atoms with Crippen LogP contribution in [0.4, 0.5) is 4.79 Å². The van der Waals surface area contributed by atoms with Crippen LogP contribution in [0.3, 0.4) is 0 Å². The fraction of sp³-hybridized carbons (Fsp3) is 0.943. The van der Waals surface area contributed by atoms with Crippen molar-refractivity contribution in [3.63, 3.8) is 0 Å². The van der Waals surface area contributed by atoms with Crippen LogP contribution in [0.1, 0.15) is 203 Å². The van der Waals surface area contributed by atoms with Gasteiger partial charge in [-0.25, -0.2) is 4.79 Å². The highest BCUT2D eigenvalue weighted by molar-refractivity contribution is 8.76. The Hall–Kier alpha value is -1.25. The molecule has 0 fully saturated rings. The molecule has 13 heteroatoms. The SMILES string of the molecule is CCN(CC)CCOCCSSCCOC(=O)NCC(COCCCCCCCCCC(=O)OCCC(C)CCCC(C)C)OCCCCCCCCC(=O)OCCC(C)CCCC(C)C. The molecule has 3 unspecified atom stereocenters. The Morgan fingerprint density at radius 1 is 0.485 bits per heavy atom. The number of carbonyl (C=O) groups is 3. The van der Waals surface area contributed by atoms with Crippen molar-refractivity contribution in [2.75, 3.05) is 90.5 Å². The molecule has 0 aliphatic rings. The Labute approximate surface area is 414 Å². The van der Waals surface area contributed by atoms with E-state index in [4.69, 9.17) is 28.4 Å². The summed E-state index contributed by atoms with van der Waals surface area (Å²) in [6, 6.07) is 0. The topological polar surface area (TPSA) is 122 Å². The van der Waals surface area contributed by atoms with Gasteiger partial charge in [0.2, 0.25) is 0 Å². The minimum Gasteiger partial charge on any atom is -0.466 e. The minimum absolute atomic E-state index is 0.0515. The van der Waals surface area contributed by atoms with E-state index >= 15 is 0 Å². The first-order valence-corrected chi connectivity index (χ1v) is 29.4. The lowest BCUT2D eigenvalue weighted by Crippen LogP contribution is -2.37. The smallest absolute Gasteiger partial charge is 0.407 e. The third-order valence-electron chi connectivity index (χ3n) is 12.0. The number of rotatable bonds is 50. The van der Waals surface area contributed by atoms with E-state index in [9.17, 15) is 14.4 Å². The standard InChI is InChI=1S/C53H104N2O9S2/c1-9-55(10-2)34-39-59-40-42-65-66-43-41-64-53(58)54-44-50(61-36-23-19-15-13-17-21-31-52(57)63-38-33-49(8)29-25-27-47(5)6)45-60-35-22-18-14-11-12-16-20-30-51(56)62-37-32-48(7)28-24-26-46(3)4/h46-50H,9-45H2,1-8H3,(H,54,58). The number of likely N-dealkylation sites (N-methyl/N-ethyl adjacent to an activating group) is 1. The van der Waals surface area contributed by atoms with Crippen molar-refractivity contribution in [1.82, 2.24) is 10.2 Å². The minimum atomic E-state index is -0.432. The lowest BCUT2D eigenvalue weighted by atomic mass is 9.98. The number of esters is 2. The van der Waals surface area contributed by atoms with Gasteiger partial charge >= 0.3 is 18.0 Å². The molecule has 0 aliphatic heterocycles. The maximum absolute atomic E-state index is 12.5. The number of hydrogen-bond donors (Lipinski definition) is 1. The lowest BCUT2D eigenvalue weighted by Gasteiger charge is -2.19. The molecule has 0 aromatic heterocycles. The van der Waals surface area contributed by atoms with Crippen molar-refractivity contribution in [2.24, 2.45) is 23.7 Å². The van der Waals surface area contributed by atoms with E-state index in [1.54, 1.807) is 21.6 Å². The molecule has 11 nitrogen and oxygen atoms in total. The van der Waals surface area contributed by atoms with Crippen molar-refractivity contribution in [2.45, 2.75) is 209 Å². The van der Waals surface area contributed by atoms with E-state index in [1.165, 1.54) is 38.5 Å². The number of alkyl carbamates (subject to hydrolysis) is 1. The molecule has 0 radical (unpaired) electrons. The molecule has 0 bridgehead atoms. The quantitative estimate of drug-likeness (QED) is 0.0270. The van der Waals surface area contributed by atoms with Gasteiger partial charge in [-0.2, -0.15) is 0 Å². The van der Waals surface area contributed by atoms with Crippen molar-refractivity contribution in [1.29, 1.82) is 0 Å². The first kappa shape index (κ1) is 64.8. The Morgan fingerprint density at radius 3 is 1.48 bits per heavy atom. The maximum atomic E-state index is 12.5. The highest BCUT2D eigenvalue weighted by Gasteiger charge is 2.13. The van der Waals surface area contributed by atoms with E-state index in [0.717, 1.165) is 153 Å². The summed E-state index contributed by atoms with van der Waals surface area (Å²) in [5.41, 5.74) is 0. The fourth-order valence-electron chi connectivity index (χ4n) is 7.46. The summed E-state index contributed by atoms with van der Waals surface area (Å²) in [4.78, 5) is 39.2. The van der Waals surface area contributed by atoms with E-state index in [-0.39, 0.29) is 18.0 Å². The number of carbonyl (C=O) groups excluding carboxylic acids is 3. The summed E-state index contributed by atoms with van der Waals surface area (Å²) in [5.74, 6) is 4.22. The molecule has 1 amide bonds. The number of nitrogens with zero attached hydrogens (tertiary/aromatic N) is 1. The summed E-state index contributed by atoms with van der Waals surface area (Å²) in [6.45, 7) is 25.9. The van der Waals surface area contributed by atoms with Gasteiger partial charge in [-0.3, -0.25) is 9.59 Å². The van der Waals surface area contributed by atoms with Gasteiger partial charge in [0.15, 0.2) is 0 Å². The van der Waals surface area contributed by atoms with Gasteiger partial charge in [-0.15, -0.1) is 0 Å². The second-order valence-electron chi connectivity index (χ2n) is 19.3. The number of ether oxygens (including phenoxy) is 6. The molecule has 3 atom stereocenters. The van der Waals surface area contributed by atoms with Crippen molar-refractivity contribution in [3.8, 4) is 0 Å². The van der Waals surface area contributed by atoms with Crippen LogP contribution in [0.2, 0.25) is 0 Å². The number of amides is 1. The Kier molecular flexibility index (Phi) is 47.8. The average Bonchev–Trinajstić information content (AvgIpc) is 3.28. The molecule has 0 aromatic rings. The molecule has 0 aliphatic carbocycles. The predicted octanol–water partition coefficient (Wildman–Crippen LogP) is 13.5. The molecular formula is C53H104N2O9S2. The Morgan fingerprint density at radius 2 is 0.970 bits per heavy atom. The van der Waals surface area contributed by atoms with Gasteiger partial charge in [-0.05, 0) is 75.3 Å². The average molecular weight is 978 g/mol. The molecule has 0 saturated carbocycles. The van der Waals surface area contributed by atoms with E-state index in [0.29, 0.717) is 70.9 Å². The van der Waals surface area contributed by atoms with Gasteiger partial charge in [0.25, 0.3) is 0 Å². The molecule has 0 spiro atoms. The maximum Gasteiger partial charge on any atom is 0.407 e. The van der Waals surface area contributed by atoms with Gasteiger partial charge in [0.05, 0.1) is 39.1 Å². The van der Waals surface area contributed by atoms with Crippen LogP contribution in [0.5, 0.6) is 0 Å². The zero-order chi connectivity index (χ0) is 48.7. The number of hydrogen-bond acceptors (Lipinski definition) is 12. The molecule has 0 heterocycles. The lowest BCUT2D eigenvalue weighted by molar-refractivity contribution is -0.145. The summed E-state index contributed by atoms with van der Waals surface area (Å²) >= 11 is 0. The van der Waals surface area contributed by atoms with Crippen LogP contribution in [-0.2, 0) is 38.0 Å². The number of nitrogens with one attached hydrogen (secondary N) is 1. The highest BCUT2D eigenvalue weighted by Crippen LogP contribution is 2.21. The first-order valence-electron chi connectivity index (χ1n) is 26.9. The van der Waals surface area contributed by atoms with Crippen molar-refractivity contribution < 1.29 is 42.8 Å². The zero-order valence-corrected chi connectivity index (χ0v) is 45.6. The third kappa shape index (κ3) is 47.8. The largest absolute Gasteiger partial charge is 0.466 e. The van der Waals surface area contributed by atoms with Crippen LogP contribution >= 0.6 is 21.6 Å². The van der Waals surface area contributed by atoms with Gasteiger partial charge < -0.3 is 38.6 Å². The van der Waals surface area contributed by atoms with Crippen LogP contribution < -0.4 is 5.32 Å². The Bertz CT molecular complexity index is 1090. The molecule has 66 heavy (non-hydrogen) atoms. The molecule has 0 aromatic carbocycles. The normalized spacial score (nSPS) is 13.1. The van der Waals surface area contributed by atoms with Crippen LogP contribution in [-0.4, -0.2) is 120 Å². The summed E-state index contributed by atoms with van der Waals surface area (Å²) in [6.07, 6.45) is 23.3. The van der Waals surface area contributed by atoms with Crippen molar-refractivity contribution >= 4 is 39.6 Å². The predicted molar refractivity (Wildman–Crippen MR) is 280 cm³/mol. The summed E-state index contributed by atoms with van der Waals surface area (Å²) < 4.78 is 34.4. The molecular weight excluding hydrogens is 873 g/mol. The monoisotopic (exact) mass is 977 g/mol. The summed E-state index contributed by atoms with van der Waals surface area (Å²) in [7, 11) is 3.43. The molecule has 392 valence electrons. The van der Waals surface area contributed by atoms with E-state index in [1.807, 2.05) is 0 Å². The van der Waals surface area contributed by atoms with Gasteiger partial charge in [0.1, 0.15) is 6.61 Å². The number of unbranched alkanes of at least 4 members (excludes halogenated alkanes) is 11. The fourth-order valence-corrected chi connectivity index (χ4v) is 9.15. The summed E-state index contributed by atoms with van der Waals surface area (Å²) in [5, 5.41) is 2.88. The van der Waals surface area contributed by atoms with Crippen LogP contribution in [0.25, 0.3) is 0 Å². The first-order chi connectivity index (χ1) is 32.0. The Balaban J connectivity index is 4.29. The second-order valence-corrected chi connectivity index (χ2v) is 22.0. The molecule has 0 saturated heterocycles. The van der Waals surface area contributed by atoms with Crippen molar-refractivity contribution in [3.05, 3.63) is 0 Å². The van der Waals surface area contributed by atoms with Gasteiger partial charge in [0, 0.05) is 50.7 Å². The highest BCUT2D eigenvalue weighted by atomic mass is 33.1. The molecule has 1 N–H and O–H groups in total. The zero-order valence-electron chi connectivity index (χ0n) is 44.0.